The summed E-state index contributed by atoms with van der Waals surface area (Å²) in [5.41, 5.74) is 2.93. The molecular weight excluding hydrogens is 435 g/mol. The summed E-state index contributed by atoms with van der Waals surface area (Å²) < 4.78 is 13.5. The molecule has 0 atom stereocenters. The van der Waals surface area contributed by atoms with Gasteiger partial charge in [-0.1, -0.05) is 29.8 Å². The first-order valence-corrected chi connectivity index (χ1v) is 10.7. The average Bonchev–Trinajstić information content (AvgIpc) is 3.18. The lowest BCUT2D eigenvalue weighted by Crippen LogP contribution is -2.14. The molecular formula is C23H18ClFN4OS. The van der Waals surface area contributed by atoms with Gasteiger partial charge in [0.1, 0.15) is 11.6 Å². The normalized spacial score (nSPS) is 10.7. The first-order valence-electron chi connectivity index (χ1n) is 9.46. The third-order valence-electron chi connectivity index (χ3n) is 4.53. The molecule has 0 saturated carbocycles. The second kappa shape index (κ2) is 9.24. The zero-order valence-corrected chi connectivity index (χ0v) is 18.1. The third-order valence-corrected chi connectivity index (χ3v) is 5.85. The molecule has 1 amide bonds. The number of aromatic nitrogens is 2. The number of halogens is 2. The van der Waals surface area contributed by atoms with Gasteiger partial charge < -0.3 is 5.32 Å². The van der Waals surface area contributed by atoms with Crippen molar-refractivity contribution in [1.82, 2.24) is 9.97 Å². The van der Waals surface area contributed by atoms with Crippen LogP contribution in [0.15, 0.2) is 67.0 Å². The van der Waals surface area contributed by atoms with Gasteiger partial charge in [0.2, 0.25) is 0 Å². The van der Waals surface area contributed by atoms with Crippen molar-refractivity contribution in [2.24, 2.45) is 0 Å². The summed E-state index contributed by atoms with van der Waals surface area (Å²) in [6.45, 7) is 1.96. The predicted molar refractivity (Wildman–Crippen MR) is 123 cm³/mol. The fraction of sp³-hybridized carbons (Fsp3) is 0.0870. The molecule has 156 valence electrons. The summed E-state index contributed by atoms with van der Waals surface area (Å²) in [6.07, 6.45) is 3.97. The Hall–Kier alpha value is -3.29. The molecule has 31 heavy (non-hydrogen) atoms. The van der Waals surface area contributed by atoms with Gasteiger partial charge in [-0.2, -0.15) is 0 Å². The van der Waals surface area contributed by atoms with Crippen molar-refractivity contribution in [3.63, 3.8) is 0 Å². The van der Waals surface area contributed by atoms with Crippen LogP contribution < -0.4 is 10.6 Å². The van der Waals surface area contributed by atoms with Crippen molar-refractivity contribution >= 4 is 45.5 Å². The number of amides is 1. The number of nitrogens with zero attached hydrogens (tertiary/aromatic N) is 2. The van der Waals surface area contributed by atoms with Crippen molar-refractivity contribution in [3.05, 3.63) is 99.4 Å². The van der Waals surface area contributed by atoms with Gasteiger partial charge in [-0.3, -0.25) is 10.1 Å². The Morgan fingerprint density at radius 3 is 2.81 bits per heavy atom. The van der Waals surface area contributed by atoms with Crippen LogP contribution in [-0.4, -0.2) is 15.9 Å². The number of carbonyl (C=O) groups excluding carboxylic acids is 1. The minimum Gasteiger partial charge on any atom is -0.339 e. The molecule has 2 aromatic heterocycles. The Morgan fingerprint density at radius 2 is 2.00 bits per heavy atom. The number of pyridine rings is 1. The highest BCUT2D eigenvalue weighted by Gasteiger charge is 2.15. The molecule has 5 nitrogen and oxygen atoms in total. The molecule has 0 aliphatic carbocycles. The zero-order valence-electron chi connectivity index (χ0n) is 16.5. The van der Waals surface area contributed by atoms with Crippen LogP contribution in [-0.2, 0) is 6.42 Å². The summed E-state index contributed by atoms with van der Waals surface area (Å²) >= 11 is 7.60. The lowest BCUT2D eigenvalue weighted by molar-refractivity contribution is 0.102. The number of aryl methyl sites for hydroxylation is 1. The van der Waals surface area contributed by atoms with Gasteiger partial charge in [0.15, 0.2) is 5.13 Å². The SMILES string of the molecule is Cc1ccc(Cc2cnc(NC(=O)c3cccnc3Nc3cccc(F)c3)s2)cc1Cl. The van der Waals surface area contributed by atoms with E-state index in [4.69, 9.17) is 11.6 Å². The average molecular weight is 453 g/mol. The van der Waals surface area contributed by atoms with Gasteiger partial charge in [-0.05, 0) is 54.4 Å². The molecule has 0 radical (unpaired) electrons. The van der Waals surface area contributed by atoms with Crippen molar-refractivity contribution in [2.45, 2.75) is 13.3 Å². The van der Waals surface area contributed by atoms with E-state index in [1.807, 2.05) is 25.1 Å². The second-order valence-electron chi connectivity index (χ2n) is 6.88. The molecule has 0 spiro atoms. The Morgan fingerprint density at radius 1 is 1.13 bits per heavy atom. The molecule has 4 aromatic rings. The van der Waals surface area contributed by atoms with E-state index < -0.39 is 0 Å². The lowest BCUT2D eigenvalue weighted by atomic mass is 10.1. The van der Waals surface area contributed by atoms with Crippen molar-refractivity contribution in [2.75, 3.05) is 10.6 Å². The van der Waals surface area contributed by atoms with Crippen LogP contribution in [0.1, 0.15) is 26.4 Å². The van der Waals surface area contributed by atoms with E-state index in [0.717, 1.165) is 21.0 Å². The molecule has 4 rings (SSSR count). The quantitative estimate of drug-likeness (QED) is 0.364. The topological polar surface area (TPSA) is 66.9 Å². The molecule has 0 saturated heterocycles. The number of carbonyl (C=O) groups is 1. The number of anilines is 3. The van der Waals surface area contributed by atoms with E-state index in [1.165, 1.54) is 23.5 Å². The van der Waals surface area contributed by atoms with Crippen LogP contribution in [0.25, 0.3) is 0 Å². The summed E-state index contributed by atoms with van der Waals surface area (Å²) in [5, 5.41) is 7.01. The molecule has 0 aliphatic heterocycles. The Kier molecular flexibility index (Phi) is 6.25. The Balaban J connectivity index is 1.47. The molecule has 0 fully saturated rings. The molecule has 8 heteroatoms. The first-order chi connectivity index (χ1) is 15.0. The summed E-state index contributed by atoms with van der Waals surface area (Å²) in [6, 6.07) is 15.2. The number of hydrogen-bond donors (Lipinski definition) is 2. The van der Waals surface area contributed by atoms with E-state index in [2.05, 4.69) is 20.6 Å². The molecule has 2 heterocycles. The molecule has 0 aliphatic rings. The number of thiazole rings is 1. The van der Waals surface area contributed by atoms with Crippen molar-refractivity contribution < 1.29 is 9.18 Å². The highest BCUT2D eigenvalue weighted by molar-refractivity contribution is 7.15. The van der Waals surface area contributed by atoms with Crippen molar-refractivity contribution in [3.8, 4) is 0 Å². The van der Waals surface area contributed by atoms with Crippen LogP contribution in [0.4, 0.5) is 21.0 Å². The number of rotatable bonds is 6. The largest absolute Gasteiger partial charge is 0.339 e. The second-order valence-corrected chi connectivity index (χ2v) is 8.40. The molecule has 2 N–H and O–H groups in total. The first kappa shape index (κ1) is 21.0. The monoisotopic (exact) mass is 452 g/mol. The minimum atomic E-state index is -0.378. The fourth-order valence-corrected chi connectivity index (χ4v) is 3.99. The molecule has 0 bridgehead atoms. The Labute approximate surface area is 188 Å². The van der Waals surface area contributed by atoms with E-state index >= 15 is 0 Å². The predicted octanol–water partition coefficient (Wildman–Crippen LogP) is 6.23. The maximum Gasteiger partial charge on any atom is 0.261 e. The van der Waals surface area contributed by atoms with Crippen LogP contribution in [0.5, 0.6) is 0 Å². The summed E-state index contributed by atoms with van der Waals surface area (Å²) in [5.74, 6) is -0.403. The van der Waals surface area contributed by atoms with Gasteiger partial charge in [-0.15, -0.1) is 11.3 Å². The van der Waals surface area contributed by atoms with Gasteiger partial charge in [0.05, 0.1) is 5.56 Å². The van der Waals surface area contributed by atoms with Crippen LogP contribution in [0.2, 0.25) is 5.02 Å². The minimum absolute atomic E-state index is 0.328. The van der Waals surface area contributed by atoms with Gasteiger partial charge in [0, 0.05) is 34.4 Å². The summed E-state index contributed by atoms with van der Waals surface area (Å²) in [7, 11) is 0. The van der Waals surface area contributed by atoms with Gasteiger partial charge in [0.25, 0.3) is 5.91 Å². The van der Waals surface area contributed by atoms with Crippen LogP contribution in [0.3, 0.4) is 0 Å². The number of benzene rings is 2. The maximum atomic E-state index is 13.5. The number of nitrogens with one attached hydrogen (secondary N) is 2. The fourth-order valence-electron chi connectivity index (χ4n) is 2.95. The highest BCUT2D eigenvalue weighted by Crippen LogP contribution is 2.25. The highest BCUT2D eigenvalue weighted by atomic mass is 35.5. The van der Waals surface area contributed by atoms with E-state index in [-0.39, 0.29) is 11.7 Å². The van der Waals surface area contributed by atoms with Gasteiger partial charge in [-0.25, -0.2) is 14.4 Å². The Bertz CT molecular complexity index is 1240. The molecule has 0 unspecified atom stereocenters. The van der Waals surface area contributed by atoms with Crippen LogP contribution in [0, 0.1) is 12.7 Å². The van der Waals surface area contributed by atoms with Crippen molar-refractivity contribution in [1.29, 1.82) is 0 Å². The molecule has 2 aromatic carbocycles. The standard InChI is InChI=1S/C23H18ClFN4OS/c1-14-7-8-15(11-20(14)24)10-18-13-27-23(31-18)29-22(30)19-6-3-9-26-21(19)28-17-5-2-4-16(25)12-17/h2-9,11-13H,10H2,1H3,(H,26,28)(H,27,29,30). The van der Waals surface area contributed by atoms with E-state index in [9.17, 15) is 9.18 Å². The van der Waals surface area contributed by atoms with E-state index in [0.29, 0.717) is 28.6 Å². The lowest BCUT2D eigenvalue weighted by Gasteiger charge is -2.10. The zero-order chi connectivity index (χ0) is 21.8. The summed E-state index contributed by atoms with van der Waals surface area (Å²) in [4.78, 5) is 22.4. The van der Waals surface area contributed by atoms with Gasteiger partial charge >= 0.3 is 0 Å². The van der Waals surface area contributed by atoms with E-state index in [1.54, 1.807) is 36.7 Å². The smallest absolute Gasteiger partial charge is 0.261 e. The third kappa shape index (κ3) is 5.25. The number of hydrogen-bond acceptors (Lipinski definition) is 5. The van der Waals surface area contributed by atoms with Crippen LogP contribution >= 0.6 is 22.9 Å². The maximum absolute atomic E-state index is 13.5.